The molecule has 1 heterocycles. The van der Waals surface area contributed by atoms with E-state index in [1.807, 2.05) is 24.3 Å². The molecule has 1 N–H and O–H groups in total. The number of carbonyl (C=O) groups is 1. The molecule has 1 unspecified atom stereocenters. The highest BCUT2D eigenvalue weighted by atomic mass is 16.5. The van der Waals surface area contributed by atoms with E-state index in [1.165, 1.54) is 5.56 Å². The van der Waals surface area contributed by atoms with Gasteiger partial charge in [-0.2, -0.15) is 0 Å². The minimum absolute atomic E-state index is 0.0366. The topological polar surface area (TPSA) is 38.3 Å². The second-order valence-corrected chi connectivity index (χ2v) is 3.69. The van der Waals surface area contributed by atoms with Crippen molar-refractivity contribution in [3.8, 4) is 0 Å². The Hall–Kier alpha value is -1.35. The van der Waals surface area contributed by atoms with Crippen LogP contribution in [0.3, 0.4) is 0 Å². The molecular weight excluding hydrogens is 190 g/mol. The van der Waals surface area contributed by atoms with Gasteiger partial charge in [-0.3, -0.25) is 4.79 Å². The number of nitrogens with one attached hydrogen (secondary N) is 1. The molecule has 15 heavy (non-hydrogen) atoms. The Balaban J connectivity index is 1.94. The largest absolute Gasteiger partial charge is 0.368 e. The molecule has 1 atom stereocenters. The highest BCUT2D eigenvalue weighted by molar-refractivity contribution is 5.94. The van der Waals surface area contributed by atoms with Gasteiger partial charge in [0.2, 0.25) is 0 Å². The fraction of sp³-hybridized carbons (Fsp3) is 0.417. The van der Waals surface area contributed by atoms with Gasteiger partial charge in [0.15, 0.2) is 0 Å². The van der Waals surface area contributed by atoms with Gasteiger partial charge in [-0.1, -0.05) is 19.1 Å². The summed E-state index contributed by atoms with van der Waals surface area (Å²) in [7, 11) is 0. The Morgan fingerprint density at radius 2 is 2.13 bits per heavy atom. The minimum Gasteiger partial charge on any atom is -0.368 e. The van der Waals surface area contributed by atoms with E-state index in [4.69, 9.17) is 4.74 Å². The van der Waals surface area contributed by atoms with Crippen molar-refractivity contribution >= 4 is 11.6 Å². The third kappa shape index (κ3) is 2.36. The average molecular weight is 205 g/mol. The third-order valence-corrected chi connectivity index (χ3v) is 2.62. The normalized spacial score (nSPS) is 19.4. The zero-order valence-electron chi connectivity index (χ0n) is 8.82. The van der Waals surface area contributed by atoms with Gasteiger partial charge < -0.3 is 10.1 Å². The van der Waals surface area contributed by atoms with E-state index >= 15 is 0 Å². The number of carbonyl (C=O) groups excluding carboxylic acids is 1. The Kier molecular flexibility index (Phi) is 3.02. The van der Waals surface area contributed by atoms with Gasteiger partial charge >= 0.3 is 0 Å². The average Bonchev–Trinajstić information content (AvgIpc) is 2.16. The first-order valence-corrected chi connectivity index (χ1v) is 5.31. The molecule has 0 aliphatic carbocycles. The first-order valence-electron chi connectivity index (χ1n) is 5.31. The van der Waals surface area contributed by atoms with Crippen LogP contribution >= 0.6 is 0 Å². The molecule has 1 aromatic rings. The van der Waals surface area contributed by atoms with Crippen LogP contribution in [0.5, 0.6) is 0 Å². The fourth-order valence-electron chi connectivity index (χ4n) is 1.49. The number of amides is 1. The maximum atomic E-state index is 11.5. The number of anilines is 1. The van der Waals surface area contributed by atoms with Crippen LogP contribution < -0.4 is 5.32 Å². The standard InChI is InChI=1S/C12H15NO2/c1-2-9-3-5-10(6-4-9)13-12(14)11-7-8-15-11/h3-6,11H,2,7-8H2,1H3,(H,13,14). The highest BCUT2D eigenvalue weighted by Gasteiger charge is 2.26. The molecule has 1 aliphatic rings. The van der Waals surface area contributed by atoms with Crippen LogP contribution in [0.1, 0.15) is 18.9 Å². The summed E-state index contributed by atoms with van der Waals surface area (Å²) in [6, 6.07) is 7.90. The number of ether oxygens (including phenoxy) is 1. The Morgan fingerprint density at radius 3 is 2.60 bits per heavy atom. The first-order chi connectivity index (χ1) is 7.29. The van der Waals surface area contributed by atoms with Crippen molar-refractivity contribution in [3.05, 3.63) is 29.8 Å². The van der Waals surface area contributed by atoms with Gasteiger partial charge in [0.05, 0.1) is 6.61 Å². The fourth-order valence-corrected chi connectivity index (χ4v) is 1.49. The number of rotatable bonds is 3. The van der Waals surface area contributed by atoms with Gasteiger partial charge in [0.1, 0.15) is 6.10 Å². The zero-order chi connectivity index (χ0) is 10.7. The van der Waals surface area contributed by atoms with Crippen molar-refractivity contribution < 1.29 is 9.53 Å². The molecule has 1 saturated heterocycles. The molecule has 0 bridgehead atoms. The number of hydrogen-bond acceptors (Lipinski definition) is 2. The van der Waals surface area contributed by atoms with Crippen LogP contribution in [0.15, 0.2) is 24.3 Å². The summed E-state index contributed by atoms with van der Waals surface area (Å²) < 4.78 is 5.10. The predicted molar refractivity (Wildman–Crippen MR) is 58.8 cm³/mol. The van der Waals surface area contributed by atoms with E-state index in [0.29, 0.717) is 6.61 Å². The molecular formula is C12H15NO2. The molecule has 80 valence electrons. The van der Waals surface area contributed by atoms with E-state index in [1.54, 1.807) is 0 Å². The molecule has 0 radical (unpaired) electrons. The van der Waals surface area contributed by atoms with E-state index < -0.39 is 0 Å². The molecule has 1 aliphatic heterocycles. The van der Waals surface area contributed by atoms with Crippen LogP contribution in [-0.2, 0) is 16.0 Å². The smallest absolute Gasteiger partial charge is 0.253 e. The van der Waals surface area contributed by atoms with Crippen molar-refractivity contribution in [1.82, 2.24) is 0 Å². The summed E-state index contributed by atoms with van der Waals surface area (Å²) in [5.74, 6) is -0.0366. The molecule has 0 aromatic heterocycles. The molecule has 1 fully saturated rings. The first kappa shape index (κ1) is 10.2. The van der Waals surface area contributed by atoms with Crippen molar-refractivity contribution in [2.75, 3.05) is 11.9 Å². The second kappa shape index (κ2) is 4.45. The van der Waals surface area contributed by atoms with Crippen molar-refractivity contribution in [1.29, 1.82) is 0 Å². The van der Waals surface area contributed by atoms with Crippen LogP contribution in [-0.4, -0.2) is 18.6 Å². The van der Waals surface area contributed by atoms with Crippen LogP contribution in [0.2, 0.25) is 0 Å². The summed E-state index contributed by atoms with van der Waals surface area (Å²) in [6.07, 6.45) is 1.61. The second-order valence-electron chi connectivity index (χ2n) is 3.69. The van der Waals surface area contributed by atoms with Gasteiger partial charge in [0.25, 0.3) is 5.91 Å². The molecule has 3 heteroatoms. The van der Waals surface area contributed by atoms with Gasteiger partial charge in [-0.05, 0) is 24.1 Å². The molecule has 2 rings (SSSR count). The van der Waals surface area contributed by atoms with E-state index in [-0.39, 0.29) is 12.0 Å². The van der Waals surface area contributed by atoms with Crippen molar-refractivity contribution in [3.63, 3.8) is 0 Å². The number of benzene rings is 1. The lowest BCUT2D eigenvalue weighted by Gasteiger charge is -2.25. The minimum atomic E-state index is -0.240. The lowest BCUT2D eigenvalue weighted by molar-refractivity contribution is -0.139. The lowest BCUT2D eigenvalue weighted by atomic mass is 10.1. The summed E-state index contributed by atoms with van der Waals surface area (Å²) in [6.45, 7) is 2.81. The summed E-state index contributed by atoms with van der Waals surface area (Å²) in [5.41, 5.74) is 2.11. The van der Waals surface area contributed by atoms with Gasteiger partial charge in [0, 0.05) is 12.1 Å². The Labute approximate surface area is 89.4 Å². The van der Waals surface area contributed by atoms with Gasteiger partial charge in [-0.15, -0.1) is 0 Å². The maximum absolute atomic E-state index is 11.5. The number of hydrogen-bond donors (Lipinski definition) is 1. The monoisotopic (exact) mass is 205 g/mol. The van der Waals surface area contributed by atoms with E-state index in [9.17, 15) is 4.79 Å². The number of aryl methyl sites for hydroxylation is 1. The lowest BCUT2D eigenvalue weighted by Crippen LogP contribution is -2.38. The van der Waals surface area contributed by atoms with Crippen molar-refractivity contribution in [2.24, 2.45) is 0 Å². The molecule has 0 saturated carbocycles. The molecule has 3 nitrogen and oxygen atoms in total. The quantitative estimate of drug-likeness (QED) is 0.819. The highest BCUT2D eigenvalue weighted by Crippen LogP contribution is 2.15. The van der Waals surface area contributed by atoms with Crippen molar-refractivity contribution in [2.45, 2.75) is 25.9 Å². The van der Waals surface area contributed by atoms with E-state index in [0.717, 1.165) is 18.5 Å². The summed E-state index contributed by atoms with van der Waals surface area (Å²) >= 11 is 0. The molecule has 1 amide bonds. The van der Waals surface area contributed by atoms with Crippen LogP contribution in [0.25, 0.3) is 0 Å². The Bertz CT molecular complexity index is 341. The van der Waals surface area contributed by atoms with Crippen LogP contribution in [0.4, 0.5) is 5.69 Å². The maximum Gasteiger partial charge on any atom is 0.253 e. The van der Waals surface area contributed by atoms with Gasteiger partial charge in [-0.25, -0.2) is 0 Å². The molecule has 1 aromatic carbocycles. The third-order valence-electron chi connectivity index (χ3n) is 2.62. The Morgan fingerprint density at radius 1 is 1.47 bits per heavy atom. The molecule has 0 spiro atoms. The summed E-state index contributed by atoms with van der Waals surface area (Å²) in [4.78, 5) is 11.5. The SMILES string of the molecule is CCc1ccc(NC(=O)C2CCO2)cc1. The predicted octanol–water partition coefficient (Wildman–Crippen LogP) is 1.98. The van der Waals surface area contributed by atoms with Crippen LogP contribution in [0, 0.1) is 0 Å². The van der Waals surface area contributed by atoms with E-state index in [2.05, 4.69) is 12.2 Å². The zero-order valence-corrected chi connectivity index (χ0v) is 8.82. The summed E-state index contributed by atoms with van der Waals surface area (Å²) in [5, 5.41) is 2.83.